The first-order valence-corrected chi connectivity index (χ1v) is 7.81. The van der Waals surface area contributed by atoms with Gasteiger partial charge in [0.1, 0.15) is 0 Å². The van der Waals surface area contributed by atoms with Crippen molar-refractivity contribution in [3.05, 3.63) is 70.9 Å². The summed E-state index contributed by atoms with van der Waals surface area (Å²) in [6, 6.07) is 15.6. The Bertz CT molecular complexity index is 757. The van der Waals surface area contributed by atoms with E-state index in [0.717, 1.165) is 24.0 Å². The van der Waals surface area contributed by atoms with Crippen LogP contribution in [0.25, 0.3) is 10.9 Å². The van der Waals surface area contributed by atoms with Crippen LogP contribution in [0.3, 0.4) is 0 Å². The Kier molecular flexibility index (Phi) is 6.48. The van der Waals surface area contributed by atoms with Gasteiger partial charge in [0.25, 0.3) is 0 Å². The molecule has 0 bridgehead atoms. The van der Waals surface area contributed by atoms with E-state index in [9.17, 15) is 5.11 Å². The number of hydrogen-bond donors (Lipinski definition) is 3. The number of nitrogens with one attached hydrogen (secondary N) is 2. The largest absolute Gasteiger partial charge is 0.387 e. The van der Waals surface area contributed by atoms with E-state index in [-0.39, 0.29) is 12.4 Å². The molecule has 3 N–H and O–H groups in total. The summed E-state index contributed by atoms with van der Waals surface area (Å²) in [6.45, 7) is 1.34. The van der Waals surface area contributed by atoms with Crippen molar-refractivity contribution in [1.29, 1.82) is 0 Å². The van der Waals surface area contributed by atoms with Gasteiger partial charge in [-0.2, -0.15) is 0 Å². The van der Waals surface area contributed by atoms with Crippen LogP contribution in [0.1, 0.15) is 17.2 Å². The first kappa shape index (κ1) is 17.8. The minimum absolute atomic E-state index is 0. The third-order valence-electron chi connectivity index (χ3n) is 3.82. The molecule has 0 aliphatic carbocycles. The van der Waals surface area contributed by atoms with Crippen LogP contribution in [0.2, 0.25) is 5.02 Å². The van der Waals surface area contributed by atoms with Crippen LogP contribution in [0.4, 0.5) is 0 Å². The SMILES string of the molecule is Cl.OC(CNCCc1c[nH]c2ccccc12)c1cccc(Cl)c1. The third-order valence-corrected chi connectivity index (χ3v) is 4.05. The molecular formula is C18H20Cl2N2O. The number of aliphatic hydroxyl groups excluding tert-OH is 1. The van der Waals surface area contributed by atoms with Crippen LogP contribution < -0.4 is 5.32 Å². The Morgan fingerprint density at radius 2 is 1.96 bits per heavy atom. The maximum absolute atomic E-state index is 10.1. The van der Waals surface area contributed by atoms with Gasteiger partial charge in [-0.25, -0.2) is 0 Å². The summed E-state index contributed by atoms with van der Waals surface area (Å²) in [4.78, 5) is 3.28. The number of para-hydroxylation sites is 1. The number of halogens is 2. The number of hydrogen-bond acceptors (Lipinski definition) is 2. The van der Waals surface area contributed by atoms with Crippen molar-refractivity contribution in [3.8, 4) is 0 Å². The fourth-order valence-electron chi connectivity index (χ4n) is 2.63. The molecule has 2 aromatic carbocycles. The quantitative estimate of drug-likeness (QED) is 0.586. The number of aromatic amines is 1. The van der Waals surface area contributed by atoms with Gasteiger partial charge >= 0.3 is 0 Å². The number of aliphatic hydroxyl groups is 1. The normalized spacial score (nSPS) is 12.1. The number of H-pyrrole nitrogens is 1. The molecule has 3 nitrogen and oxygen atoms in total. The molecule has 0 saturated carbocycles. The summed E-state index contributed by atoms with van der Waals surface area (Å²) in [6.07, 6.45) is 2.44. The Labute approximate surface area is 147 Å². The van der Waals surface area contributed by atoms with Crippen LogP contribution in [0.5, 0.6) is 0 Å². The smallest absolute Gasteiger partial charge is 0.0914 e. The highest BCUT2D eigenvalue weighted by atomic mass is 35.5. The van der Waals surface area contributed by atoms with Gasteiger partial charge < -0.3 is 15.4 Å². The fourth-order valence-corrected chi connectivity index (χ4v) is 2.83. The molecule has 1 unspecified atom stereocenters. The summed E-state index contributed by atoms with van der Waals surface area (Å²) in [5.74, 6) is 0. The lowest BCUT2D eigenvalue weighted by molar-refractivity contribution is 0.175. The van der Waals surface area contributed by atoms with Crippen LogP contribution in [0.15, 0.2) is 54.7 Å². The molecule has 0 saturated heterocycles. The minimum Gasteiger partial charge on any atom is -0.387 e. The molecule has 0 fully saturated rings. The maximum atomic E-state index is 10.1. The van der Waals surface area contributed by atoms with Crippen molar-refractivity contribution < 1.29 is 5.11 Å². The van der Waals surface area contributed by atoms with Crippen LogP contribution in [0, 0.1) is 0 Å². The molecule has 23 heavy (non-hydrogen) atoms. The summed E-state index contributed by atoms with van der Waals surface area (Å²) in [7, 11) is 0. The molecule has 1 atom stereocenters. The van der Waals surface area contributed by atoms with E-state index < -0.39 is 6.10 Å². The average Bonchev–Trinajstić information content (AvgIpc) is 2.95. The van der Waals surface area contributed by atoms with Crippen LogP contribution >= 0.6 is 24.0 Å². The molecule has 5 heteroatoms. The number of rotatable bonds is 6. The van der Waals surface area contributed by atoms with Gasteiger partial charge in [-0.05, 0) is 42.3 Å². The lowest BCUT2D eigenvalue weighted by Gasteiger charge is -2.12. The topological polar surface area (TPSA) is 48.0 Å². The van der Waals surface area contributed by atoms with E-state index in [4.69, 9.17) is 11.6 Å². The zero-order valence-corrected chi connectivity index (χ0v) is 14.2. The molecule has 0 spiro atoms. The first-order chi connectivity index (χ1) is 10.7. The highest BCUT2D eigenvalue weighted by Crippen LogP contribution is 2.18. The van der Waals surface area contributed by atoms with Crippen molar-refractivity contribution in [2.75, 3.05) is 13.1 Å². The van der Waals surface area contributed by atoms with Gasteiger partial charge in [-0.15, -0.1) is 12.4 Å². The molecule has 0 amide bonds. The second-order valence-corrected chi connectivity index (χ2v) is 5.82. The average molecular weight is 351 g/mol. The van der Waals surface area contributed by atoms with Gasteiger partial charge in [0.05, 0.1) is 6.10 Å². The van der Waals surface area contributed by atoms with E-state index in [0.29, 0.717) is 11.6 Å². The van der Waals surface area contributed by atoms with Crippen molar-refractivity contribution in [2.45, 2.75) is 12.5 Å². The lowest BCUT2D eigenvalue weighted by Crippen LogP contribution is -2.23. The zero-order valence-electron chi connectivity index (χ0n) is 12.6. The zero-order chi connectivity index (χ0) is 15.4. The van der Waals surface area contributed by atoms with E-state index in [2.05, 4.69) is 34.7 Å². The van der Waals surface area contributed by atoms with E-state index >= 15 is 0 Å². The molecule has 122 valence electrons. The second kappa shape index (κ2) is 8.37. The highest BCUT2D eigenvalue weighted by Gasteiger charge is 2.08. The van der Waals surface area contributed by atoms with Gasteiger partial charge in [0.2, 0.25) is 0 Å². The minimum atomic E-state index is -0.540. The molecule has 1 aromatic heterocycles. The molecule has 3 aromatic rings. The Morgan fingerprint density at radius 3 is 2.78 bits per heavy atom. The van der Waals surface area contributed by atoms with E-state index in [1.54, 1.807) is 6.07 Å². The second-order valence-electron chi connectivity index (χ2n) is 5.38. The summed E-state index contributed by atoms with van der Waals surface area (Å²) < 4.78 is 0. The third kappa shape index (κ3) is 4.49. The lowest BCUT2D eigenvalue weighted by atomic mass is 10.1. The van der Waals surface area contributed by atoms with Crippen molar-refractivity contribution in [1.82, 2.24) is 10.3 Å². The standard InChI is InChI=1S/C18H19ClN2O.ClH/c19-15-5-3-4-13(10-15)18(22)12-20-9-8-14-11-21-17-7-2-1-6-16(14)17;/h1-7,10-11,18,20-22H,8-9,12H2;1H. The highest BCUT2D eigenvalue weighted by molar-refractivity contribution is 6.30. The van der Waals surface area contributed by atoms with Gasteiger partial charge in [-0.3, -0.25) is 0 Å². The first-order valence-electron chi connectivity index (χ1n) is 7.43. The van der Waals surface area contributed by atoms with Crippen LogP contribution in [-0.4, -0.2) is 23.2 Å². The summed E-state index contributed by atoms with van der Waals surface area (Å²) in [5, 5.41) is 15.4. The number of fused-ring (bicyclic) bond motifs is 1. The Morgan fingerprint density at radius 1 is 1.13 bits per heavy atom. The number of benzene rings is 2. The summed E-state index contributed by atoms with van der Waals surface area (Å²) >= 11 is 5.94. The van der Waals surface area contributed by atoms with E-state index in [1.165, 1.54) is 10.9 Å². The maximum Gasteiger partial charge on any atom is 0.0914 e. The molecule has 1 heterocycles. The molecule has 0 aliphatic rings. The van der Waals surface area contributed by atoms with Gasteiger partial charge in [0, 0.05) is 28.7 Å². The van der Waals surface area contributed by atoms with Crippen LogP contribution in [-0.2, 0) is 6.42 Å². The Balaban J connectivity index is 0.00000192. The Hall–Kier alpha value is -1.52. The number of aromatic nitrogens is 1. The molecule has 0 radical (unpaired) electrons. The van der Waals surface area contributed by atoms with Crippen molar-refractivity contribution >= 4 is 34.9 Å². The molecule has 3 rings (SSSR count). The predicted molar refractivity (Wildman–Crippen MR) is 98.5 cm³/mol. The molecule has 0 aliphatic heterocycles. The molecular weight excluding hydrogens is 331 g/mol. The van der Waals surface area contributed by atoms with Crippen molar-refractivity contribution in [3.63, 3.8) is 0 Å². The van der Waals surface area contributed by atoms with Crippen molar-refractivity contribution in [2.24, 2.45) is 0 Å². The van der Waals surface area contributed by atoms with E-state index in [1.807, 2.05) is 24.3 Å². The summed E-state index contributed by atoms with van der Waals surface area (Å²) in [5.41, 5.74) is 3.30. The monoisotopic (exact) mass is 350 g/mol. The van der Waals surface area contributed by atoms with Gasteiger partial charge in [-0.1, -0.05) is 41.9 Å². The predicted octanol–water partition coefficient (Wildman–Crippen LogP) is 4.11. The fraction of sp³-hybridized carbons (Fsp3) is 0.222. The van der Waals surface area contributed by atoms with Gasteiger partial charge in [0.15, 0.2) is 0 Å².